The van der Waals surface area contributed by atoms with Crippen LogP contribution < -0.4 is 14.8 Å². The molecule has 4 nitrogen and oxygen atoms in total. The van der Waals surface area contributed by atoms with Crippen molar-refractivity contribution in [3.63, 3.8) is 0 Å². The van der Waals surface area contributed by atoms with Crippen LogP contribution in [-0.2, 0) is 0 Å². The largest absolute Gasteiger partial charge is 0.497 e. The maximum Gasteiger partial charge on any atom is 0.417 e. The van der Waals surface area contributed by atoms with E-state index in [1.165, 1.54) is 13.2 Å². The van der Waals surface area contributed by atoms with Gasteiger partial charge in [0, 0.05) is 6.07 Å². The van der Waals surface area contributed by atoms with Crippen molar-refractivity contribution in [2.45, 2.75) is 0 Å². The van der Waals surface area contributed by atoms with Crippen LogP contribution in [0.3, 0.4) is 0 Å². The number of halogens is 3. The van der Waals surface area contributed by atoms with Crippen molar-refractivity contribution in [3.8, 4) is 11.5 Å². The van der Waals surface area contributed by atoms with Gasteiger partial charge in [0.25, 0.3) is 0 Å². The Hall–Kier alpha value is -1.98. The van der Waals surface area contributed by atoms with Crippen molar-refractivity contribution in [3.05, 3.63) is 52.3 Å². The molecule has 2 aromatic rings. The van der Waals surface area contributed by atoms with Crippen molar-refractivity contribution in [1.82, 2.24) is 0 Å². The molecule has 0 spiro atoms. The smallest absolute Gasteiger partial charge is 0.417 e. The first-order valence-electron chi connectivity index (χ1n) is 5.77. The van der Waals surface area contributed by atoms with Crippen LogP contribution >= 0.6 is 23.2 Å². The van der Waals surface area contributed by atoms with Crippen LogP contribution in [0.5, 0.6) is 11.5 Å². The Morgan fingerprint density at radius 1 is 1.14 bits per heavy atom. The van der Waals surface area contributed by atoms with E-state index in [4.69, 9.17) is 32.7 Å². The second kappa shape index (κ2) is 6.65. The minimum atomic E-state index is -0.796. The molecule has 0 aliphatic heterocycles. The van der Waals surface area contributed by atoms with Crippen LogP contribution in [0.15, 0.2) is 36.4 Å². The van der Waals surface area contributed by atoms with Gasteiger partial charge in [-0.25, -0.2) is 9.18 Å². The third-order valence-corrected chi connectivity index (χ3v) is 3.12. The van der Waals surface area contributed by atoms with E-state index in [1.54, 1.807) is 18.2 Å². The van der Waals surface area contributed by atoms with Crippen LogP contribution in [0.2, 0.25) is 10.0 Å². The van der Waals surface area contributed by atoms with Crippen molar-refractivity contribution in [2.75, 3.05) is 12.4 Å². The minimum absolute atomic E-state index is 0.00835. The summed E-state index contributed by atoms with van der Waals surface area (Å²) < 4.78 is 22.9. The van der Waals surface area contributed by atoms with Gasteiger partial charge < -0.3 is 9.47 Å². The summed E-state index contributed by atoms with van der Waals surface area (Å²) >= 11 is 11.7. The lowest BCUT2D eigenvalue weighted by molar-refractivity contribution is 0.215. The fourth-order valence-corrected chi connectivity index (χ4v) is 1.94. The van der Waals surface area contributed by atoms with Crippen molar-refractivity contribution in [1.29, 1.82) is 0 Å². The predicted octanol–water partition coefficient (Wildman–Crippen LogP) is 4.75. The number of anilines is 1. The average Bonchev–Trinajstić information content (AvgIpc) is 2.44. The summed E-state index contributed by atoms with van der Waals surface area (Å²) in [6, 6.07) is 8.18. The molecule has 0 saturated carbocycles. The summed E-state index contributed by atoms with van der Waals surface area (Å²) in [5.74, 6) is 0.0756. The van der Waals surface area contributed by atoms with E-state index in [9.17, 15) is 9.18 Å². The minimum Gasteiger partial charge on any atom is -0.497 e. The van der Waals surface area contributed by atoms with Crippen molar-refractivity contribution < 1.29 is 18.7 Å². The number of hydrogen-bond acceptors (Lipinski definition) is 3. The standard InChI is InChI=1S/C14H10Cl2FNO3/c1-20-9-3-4-12(10(15)7-9)18-14(19)21-13-5-2-8(17)6-11(13)16/h2-7H,1H3,(H,18,19). The lowest BCUT2D eigenvalue weighted by Crippen LogP contribution is -2.17. The van der Waals surface area contributed by atoms with Crippen LogP contribution in [-0.4, -0.2) is 13.2 Å². The Morgan fingerprint density at radius 3 is 2.52 bits per heavy atom. The second-order valence-corrected chi connectivity index (χ2v) is 4.75. The highest BCUT2D eigenvalue weighted by molar-refractivity contribution is 6.34. The molecule has 0 aliphatic rings. The molecule has 0 saturated heterocycles. The van der Waals surface area contributed by atoms with Crippen LogP contribution in [0.4, 0.5) is 14.9 Å². The highest BCUT2D eigenvalue weighted by atomic mass is 35.5. The van der Waals surface area contributed by atoms with E-state index in [1.807, 2.05) is 0 Å². The van der Waals surface area contributed by atoms with E-state index >= 15 is 0 Å². The molecule has 2 aromatic carbocycles. The van der Waals surface area contributed by atoms with Gasteiger partial charge in [0.2, 0.25) is 0 Å². The molecule has 0 aliphatic carbocycles. The van der Waals surface area contributed by atoms with Crippen LogP contribution in [0, 0.1) is 5.82 Å². The third-order valence-electron chi connectivity index (χ3n) is 2.51. The predicted molar refractivity (Wildman–Crippen MR) is 79.1 cm³/mol. The maximum absolute atomic E-state index is 12.9. The van der Waals surface area contributed by atoms with E-state index < -0.39 is 11.9 Å². The second-order valence-electron chi connectivity index (χ2n) is 3.94. The normalized spacial score (nSPS) is 10.1. The average molecular weight is 330 g/mol. The lowest BCUT2D eigenvalue weighted by Gasteiger charge is -2.10. The SMILES string of the molecule is COc1ccc(NC(=O)Oc2ccc(F)cc2Cl)c(Cl)c1. The first-order chi connectivity index (χ1) is 9.99. The summed E-state index contributed by atoms with van der Waals surface area (Å²) in [7, 11) is 1.50. The molecule has 0 radical (unpaired) electrons. The van der Waals surface area contributed by atoms with Gasteiger partial charge in [0.1, 0.15) is 11.6 Å². The van der Waals surface area contributed by atoms with Gasteiger partial charge in [-0.3, -0.25) is 5.32 Å². The van der Waals surface area contributed by atoms with E-state index in [-0.39, 0.29) is 15.8 Å². The molecular weight excluding hydrogens is 320 g/mol. The third kappa shape index (κ3) is 4.00. The maximum atomic E-state index is 12.9. The highest BCUT2D eigenvalue weighted by Gasteiger charge is 2.11. The Labute approximate surface area is 130 Å². The van der Waals surface area contributed by atoms with Gasteiger partial charge >= 0.3 is 6.09 Å². The molecule has 1 amide bonds. The number of carbonyl (C=O) groups excluding carboxylic acids is 1. The number of methoxy groups -OCH3 is 1. The van der Waals surface area contributed by atoms with Crippen LogP contribution in [0.25, 0.3) is 0 Å². The summed E-state index contributed by atoms with van der Waals surface area (Å²) in [5, 5.41) is 2.73. The van der Waals surface area contributed by atoms with E-state index in [0.29, 0.717) is 11.4 Å². The van der Waals surface area contributed by atoms with E-state index in [2.05, 4.69) is 5.32 Å². The Bertz CT molecular complexity index is 679. The molecule has 0 bridgehead atoms. The molecule has 0 atom stereocenters. The monoisotopic (exact) mass is 329 g/mol. The number of carbonyl (C=O) groups is 1. The summed E-state index contributed by atoms with van der Waals surface area (Å²) in [5.41, 5.74) is 0.348. The molecular formula is C14H10Cl2FNO3. The summed E-state index contributed by atoms with van der Waals surface area (Å²) in [6.07, 6.45) is -0.796. The Kier molecular flexibility index (Phi) is 4.88. The van der Waals surface area contributed by atoms with Gasteiger partial charge in [-0.2, -0.15) is 0 Å². The number of ether oxygens (including phenoxy) is 2. The zero-order valence-corrected chi connectivity index (χ0v) is 12.3. The number of hydrogen-bond donors (Lipinski definition) is 1. The zero-order chi connectivity index (χ0) is 15.4. The van der Waals surface area contributed by atoms with Gasteiger partial charge in [-0.05, 0) is 30.3 Å². The summed E-state index contributed by atoms with van der Waals surface area (Å²) in [4.78, 5) is 11.8. The van der Waals surface area contributed by atoms with Crippen molar-refractivity contribution in [2.24, 2.45) is 0 Å². The Morgan fingerprint density at radius 2 is 1.90 bits per heavy atom. The number of benzene rings is 2. The van der Waals surface area contributed by atoms with Gasteiger partial charge in [-0.15, -0.1) is 0 Å². The number of rotatable bonds is 3. The molecule has 0 heterocycles. The van der Waals surface area contributed by atoms with Gasteiger partial charge in [-0.1, -0.05) is 23.2 Å². The Balaban J connectivity index is 2.08. The van der Waals surface area contributed by atoms with Crippen LogP contribution in [0.1, 0.15) is 0 Å². The first kappa shape index (κ1) is 15.4. The molecule has 0 fully saturated rings. The molecule has 0 aromatic heterocycles. The zero-order valence-electron chi connectivity index (χ0n) is 10.8. The molecule has 7 heteroatoms. The quantitative estimate of drug-likeness (QED) is 0.883. The molecule has 21 heavy (non-hydrogen) atoms. The fourth-order valence-electron chi connectivity index (χ4n) is 1.52. The molecule has 0 unspecified atom stereocenters. The lowest BCUT2D eigenvalue weighted by atomic mass is 10.3. The topological polar surface area (TPSA) is 47.6 Å². The number of nitrogens with one attached hydrogen (secondary N) is 1. The number of amides is 1. The highest BCUT2D eigenvalue weighted by Crippen LogP contribution is 2.28. The molecule has 2 rings (SSSR count). The van der Waals surface area contributed by atoms with E-state index in [0.717, 1.165) is 12.1 Å². The fraction of sp³-hybridized carbons (Fsp3) is 0.0714. The summed E-state index contributed by atoms with van der Waals surface area (Å²) in [6.45, 7) is 0. The molecule has 1 N–H and O–H groups in total. The first-order valence-corrected chi connectivity index (χ1v) is 6.52. The van der Waals surface area contributed by atoms with Gasteiger partial charge in [0.15, 0.2) is 5.75 Å². The van der Waals surface area contributed by atoms with Crippen molar-refractivity contribution >= 4 is 35.0 Å². The van der Waals surface area contributed by atoms with Gasteiger partial charge in [0.05, 0.1) is 22.8 Å². The molecule has 110 valence electrons.